The second kappa shape index (κ2) is 9.01. The zero-order valence-corrected chi connectivity index (χ0v) is 17.7. The number of ether oxygens (including phenoxy) is 2. The first kappa shape index (κ1) is 20.6. The minimum absolute atomic E-state index is 0.0389. The summed E-state index contributed by atoms with van der Waals surface area (Å²) in [6.07, 6.45) is -0.727. The Morgan fingerprint density at radius 2 is 1.93 bits per heavy atom. The summed E-state index contributed by atoms with van der Waals surface area (Å²) in [6, 6.07) is 11.7. The number of anilines is 2. The number of amides is 2. The number of nitrogens with zero attached hydrogens (tertiary/aromatic N) is 2. The van der Waals surface area contributed by atoms with Crippen molar-refractivity contribution in [2.45, 2.75) is 6.10 Å². The van der Waals surface area contributed by atoms with Crippen molar-refractivity contribution >= 4 is 39.1 Å². The Morgan fingerprint density at radius 3 is 2.70 bits per heavy atom. The first-order chi connectivity index (χ1) is 14.5. The van der Waals surface area contributed by atoms with Gasteiger partial charge in [0, 0.05) is 17.6 Å². The number of rotatable bonds is 4. The van der Waals surface area contributed by atoms with E-state index < -0.39 is 11.9 Å². The van der Waals surface area contributed by atoms with Gasteiger partial charge in [-0.1, -0.05) is 28.1 Å². The number of hydrogen-bond donors (Lipinski definition) is 1. The third kappa shape index (κ3) is 4.57. The van der Waals surface area contributed by atoms with Crippen LogP contribution in [-0.2, 0) is 14.3 Å². The lowest BCUT2D eigenvalue weighted by atomic mass is 10.1. The van der Waals surface area contributed by atoms with E-state index in [-0.39, 0.29) is 30.6 Å². The van der Waals surface area contributed by atoms with Crippen LogP contribution >= 0.6 is 15.9 Å². The summed E-state index contributed by atoms with van der Waals surface area (Å²) in [6.45, 7) is 2.22. The van der Waals surface area contributed by atoms with E-state index in [1.54, 1.807) is 21.9 Å². The van der Waals surface area contributed by atoms with Crippen LogP contribution in [0.3, 0.4) is 0 Å². The molecule has 2 aliphatic rings. The minimum atomic E-state index is -0.727. The van der Waals surface area contributed by atoms with Gasteiger partial charge in [-0.25, -0.2) is 4.39 Å². The Bertz CT molecular complexity index is 952. The summed E-state index contributed by atoms with van der Waals surface area (Å²) in [5.41, 5.74) is 0.820. The number of morpholine rings is 1. The topological polar surface area (TPSA) is 71.1 Å². The maximum atomic E-state index is 14.1. The molecule has 158 valence electrons. The fraction of sp³-hybridized carbons (Fsp3) is 0.333. The third-order valence-electron chi connectivity index (χ3n) is 5.00. The summed E-state index contributed by atoms with van der Waals surface area (Å²) in [4.78, 5) is 29.1. The molecule has 2 aromatic carbocycles. The first-order valence-corrected chi connectivity index (χ1v) is 10.4. The molecule has 1 N–H and O–H groups in total. The Kier molecular flexibility index (Phi) is 6.19. The molecule has 1 fully saturated rings. The summed E-state index contributed by atoms with van der Waals surface area (Å²) in [5, 5.41) is 2.59. The van der Waals surface area contributed by atoms with E-state index >= 15 is 0 Å². The highest BCUT2D eigenvalue weighted by atomic mass is 79.9. The van der Waals surface area contributed by atoms with Crippen molar-refractivity contribution < 1.29 is 23.5 Å². The van der Waals surface area contributed by atoms with Gasteiger partial charge in [0.15, 0.2) is 6.10 Å². The van der Waals surface area contributed by atoms with Crippen LogP contribution < -0.4 is 15.0 Å². The summed E-state index contributed by atoms with van der Waals surface area (Å²) < 4.78 is 25.9. The summed E-state index contributed by atoms with van der Waals surface area (Å²) >= 11 is 3.19. The largest absolute Gasteiger partial charge is 0.477 e. The number of carbonyl (C=O) groups is 2. The van der Waals surface area contributed by atoms with Crippen LogP contribution in [0.25, 0.3) is 0 Å². The van der Waals surface area contributed by atoms with Crippen molar-refractivity contribution in [3.8, 4) is 5.75 Å². The summed E-state index contributed by atoms with van der Waals surface area (Å²) in [7, 11) is 0. The van der Waals surface area contributed by atoms with Gasteiger partial charge in [0.2, 0.25) is 5.91 Å². The van der Waals surface area contributed by atoms with Gasteiger partial charge in [0.1, 0.15) is 11.6 Å². The number of para-hydroxylation sites is 2. The van der Waals surface area contributed by atoms with E-state index in [1.807, 2.05) is 18.2 Å². The fourth-order valence-corrected chi connectivity index (χ4v) is 3.86. The van der Waals surface area contributed by atoms with Crippen LogP contribution in [0.1, 0.15) is 0 Å². The first-order valence-electron chi connectivity index (χ1n) is 9.63. The molecule has 0 saturated carbocycles. The fourth-order valence-electron chi connectivity index (χ4n) is 3.53. The average molecular weight is 478 g/mol. The molecule has 30 heavy (non-hydrogen) atoms. The second-order valence-corrected chi connectivity index (χ2v) is 7.98. The van der Waals surface area contributed by atoms with Crippen LogP contribution in [0.15, 0.2) is 46.9 Å². The molecule has 2 heterocycles. The van der Waals surface area contributed by atoms with Crippen LogP contribution in [0.5, 0.6) is 5.75 Å². The minimum Gasteiger partial charge on any atom is -0.477 e. The predicted octanol–water partition coefficient (Wildman–Crippen LogP) is 2.65. The van der Waals surface area contributed by atoms with Crippen LogP contribution in [-0.4, -0.2) is 62.2 Å². The lowest BCUT2D eigenvalue weighted by molar-refractivity contribution is -0.142. The van der Waals surface area contributed by atoms with E-state index in [0.29, 0.717) is 36.5 Å². The molecule has 1 saturated heterocycles. The molecule has 0 spiro atoms. The van der Waals surface area contributed by atoms with E-state index in [2.05, 4.69) is 21.2 Å². The Balaban J connectivity index is 1.49. The standard InChI is InChI=1S/C21H21BrFN3O4/c22-14-5-6-16(15(23)11-14)24-20(27)13-26-12-19(21(28)25-7-9-29-10-8-25)30-18-4-2-1-3-17(18)26/h1-6,11,19H,7-10,12-13H2,(H,24,27)/t19-/m0/s1. The molecule has 0 radical (unpaired) electrons. The molecule has 9 heteroatoms. The van der Waals surface area contributed by atoms with Gasteiger partial charge in [-0.3, -0.25) is 9.59 Å². The second-order valence-electron chi connectivity index (χ2n) is 7.06. The van der Waals surface area contributed by atoms with Gasteiger partial charge in [-0.2, -0.15) is 0 Å². The van der Waals surface area contributed by atoms with Crippen molar-refractivity contribution in [2.75, 3.05) is 49.6 Å². The molecule has 0 bridgehead atoms. The molecule has 4 rings (SSSR count). The van der Waals surface area contributed by atoms with Crippen LogP contribution in [0.4, 0.5) is 15.8 Å². The monoisotopic (exact) mass is 477 g/mol. The smallest absolute Gasteiger partial charge is 0.265 e. The van der Waals surface area contributed by atoms with Crippen LogP contribution in [0.2, 0.25) is 0 Å². The average Bonchev–Trinajstić information content (AvgIpc) is 2.75. The number of hydrogen-bond acceptors (Lipinski definition) is 5. The van der Waals surface area contributed by atoms with E-state index in [9.17, 15) is 14.0 Å². The Morgan fingerprint density at radius 1 is 1.17 bits per heavy atom. The Hall–Kier alpha value is -2.65. The number of benzene rings is 2. The molecule has 7 nitrogen and oxygen atoms in total. The maximum Gasteiger partial charge on any atom is 0.265 e. The number of halogens is 2. The maximum absolute atomic E-state index is 14.1. The number of carbonyl (C=O) groups excluding carboxylic acids is 2. The van der Waals surface area contributed by atoms with Gasteiger partial charge in [-0.15, -0.1) is 0 Å². The molecule has 2 aromatic rings. The van der Waals surface area contributed by atoms with Crippen molar-refractivity contribution in [1.29, 1.82) is 0 Å². The lowest BCUT2D eigenvalue weighted by Crippen LogP contribution is -2.53. The molecular weight excluding hydrogens is 457 g/mol. The highest BCUT2D eigenvalue weighted by molar-refractivity contribution is 9.10. The van der Waals surface area contributed by atoms with Gasteiger partial charge >= 0.3 is 0 Å². The van der Waals surface area contributed by atoms with Gasteiger partial charge < -0.3 is 24.6 Å². The van der Waals surface area contributed by atoms with Crippen LogP contribution in [0, 0.1) is 5.82 Å². The number of fused-ring (bicyclic) bond motifs is 1. The molecular formula is C21H21BrFN3O4. The third-order valence-corrected chi connectivity index (χ3v) is 5.49. The Labute approximate surface area is 181 Å². The van der Waals surface area contributed by atoms with Gasteiger partial charge in [0.05, 0.1) is 37.7 Å². The summed E-state index contributed by atoms with van der Waals surface area (Å²) in [5.74, 6) is -0.499. The van der Waals surface area contributed by atoms with E-state index in [0.717, 1.165) is 5.69 Å². The SMILES string of the molecule is O=C(CN1C[C@@H](C(=O)N2CCOCC2)Oc2ccccc21)Nc1ccc(Br)cc1F. The molecule has 0 aromatic heterocycles. The van der Waals surface area contributed by atoms with Crippen molar-refractivity contribution in [2.24, 2.45) is 0 Å². The molecule has 2 aliphatic heterocycles. The van der Waals surface area contributed by atoms with E-state index in [1.165, 1.54) is 12.1 Å². The van der Waals surface area contributed by atoms with Gasteiger partial charge in [-0.05, 0) is 30.3 Å². The van der Waals surface area contributed by atoms with Crippen molar-refractivity contribution in [3.05, 3.63) is 52.8 Å². The normalized spacial score (nSPS) is 18.4. The quantitative estimate of drug-likeness (QED) is 0.732. The van der Waals surface area contributed by atoms with Crippen molar-refractivity contribution in [3.63, 3.8) is 0 Å². The predicted molar refractivity (Wildman–Crippen MR) is 113 cm³/mol. The zero-order chi connectivity index (χ0) is 21.1. The van der Waals surface area contributed by atoms with Gasteiger partial charge in [0.25, 0.3) is 5.91 Å². The molecule has 0 unspecified atom stereocenters. The zero-order valence-electron chi connectivity index (χ0n) is 16.1. The lowest BCUT2D eigenvalue weighted by Gasteiger charge is -2.38. The molecule has 0 aliphatic carbocycles. The van der Waals surface area contributed by atoms with Crippen molar-refractivity contribution in [1.82, 2.24) is 4.90 Å². The molecule has 1 atom stereocenters. The number of nitrogens with one attached hydrogen (secondary N) is 1. The highest BCUT2D eigenvalue weighted by Crippen LogP contribution is 2.33. The highest BCUT2D eigenvalue weighted by Gasteiger charge is 2.34. The van der Waals surface area contributed by atoms with E-state index in [4.69, 9.17) is 9.47 Å². The molecule has 2 amide bonds.